The molecule has 21 heavy (non-hydrogen) atoms. The van der Waals surface area contributed by atoms with Gasteiger partial charge in [0.2, 0.25) is 5.91 Å². The van der Waals surface area contributed by atoms with Gasteiger partial charge in [-0.1, -0.05) is 12.1 Å². The third-order valence-electron chi connectivity index (χ3n) is 3.03. The number of nitrogens with one attached hydrogen (secondary N) is 1. The van der Waals surface area contributed by atoms with Gasteiger partial charge in [-0.2, -0.15) is 13.2 Å². The van der Waals surface area contributed by atoms with Gasteiger partial charge >= 0.3 is 6.18 Å². The lowest BCUT2D eigenvalue weighted by Gasteiger charge is -2.14. The van der Waals surface area contributed by atoms with Gasteiger partial charge in [0, 0.05) is 10.9 Å². The molecule has 0 radical (unpaired) electrons. The number of rotatable bonds is 4. The molecule has 1 aromatic heterocycles. The van der Waals surface area contributed by atoms with Gasteiger partial charge in [-0.3, -0.25) is 4.79 Å². The molecule has 7 heteroatoms. The lowest BCUT2D eigenvalue weighted by atomic mass is 10.1. The second-order valence-electron chi connectivity index (χ2n) is 4.80. The first-order valence-corrected chi connectivity index (χ1v) is 6.25. The number of hydrogen-bond donors (Lipinski definition) is 2. The number of carbonyl (C=O) groups excluding carboxylic acids is 1. The molecule has 0 saturated carbocycles. The van der Waals surface area contributed by atoms with Crippen molar-refractivity contribution in [3.05, 3.63) is 35.6 Å². The van der Waals surface area contributed by atoms with Crippen LogP contribution in [0.4, 0.5) is 13.2 Å². The van der Waals surface area contributed by atoms with Crippen LogP contribution in [0.1, 0.15) is 11.1 Å². The standard InChI is InChI=1S/C14H14F3NO3/c1-8-2-3-10-9(7-21-11(10)4-8)5-13(20)18-6-12(19)14(15,16)17/h2-4,7,12,19H,5-6H2,1H3,(H,18,20). The summed E-state index contributed by atoms with van der Waals surface area (Å²) in [5.41, 5.74) is 2.21. The number of halogens is 3. The Morgan fingerprint density at radius 3 is 2.81 bits per heavy atom. The molecule has 1 unspecified atom stereocenters. The summed E-state index contributed by atoms with van der Waals surface area (Å²) in [6.45, 7) is 1.03. The molecule has 1 aromatic carbocycles. The van der Waals surface area contributed by atoms with E-state index in [1.807, 2.05) is 19.1 Å². The molecule has 0 fully saturated rings. The molecule has 0 aliphatic heterocycles. The molecule has 2 rings (SSSR count). The van der Waals surface area contributed by atoms with Crippen LogP contribution >= 0.6 is 0 Å². The van der Waals surface area contributed by atoms with Gasteiger partial charge in [0.05, 0.1) is 19.2 Å². The zero-order chi connectivity index (χ0) is 15.6. The van der Waals surface area contributed by atoms with E-state index in [1.165, 1.54) is 6.26 Å². The first kappa shape index (κ1) is 15.4. The number of hydrogen-bond acceptors (Lipinski definition) is 3. The zero-order valence-electron chi connectivity index (χ0n) is 11.2. The van der Waals surface area contributed by atoms with Crippen LogP contribution < -0.4 is 5.32 Å². The van der Waals surface area contributed by atoms with E-state index >= 15 is 0 Å². The Bertz CT molecular complexity index is 648. The number of alkyl halides is 3. The number of aliphatic hydroxyl groups excluding tert-OH is 1. The summed E-state index contributed by atoms with van der Waals surface area (Å²) in [5, 5.41) is 11.6. The Hall–Kier alpha value is -2.02. The molecule has 1 atom stereocenters. The molecule has 0 aliphatic carbocycles. The Kier molecular flexibility index (Phi) is 4.22. The molecule has 0 spiro atoms. The van der Waals surface area contributed by atoms with Gasteiger partial charge < -0.3 is 14.8 Å². The molecular formula is C14H14F3NO3. The van der Waals surface area contributed by atoms with E-state index in [1.54, 1.807) is 6.07 Å². The SMILES string of the molecule is Cc1ccc2c(CC(=O)NCC(O)C(F)(F)F)coc2c1. The maximum absolute atomic E-state index is 12.1. The van der Waals surface area contributed by atoms with E-state index < -0.39 is 24.7 Å². The van der Waals surface area contributed by atoms with Crippen molar-refractivity contribution in [2.75, 3.05) is 6.54 Å². The third-order valence-corrected chi connectivity index (χ3v) is 3.03. The molecule has 0 saturated heterocycles. The fourth-order valence-electron chi connectivity index (χ4n) is 1.89. The van der Waals surface area contributed by atoms with Gasteiger partial charge in [-0.25, -0.2) is 0 Å². The maximum Gasteiger partial charge on any atom is 0.416 e. The number of aryl methyl sites for hydroxylation is 1. The molecule has 1 heterocycles. The monoisotopic (exact) mass is 301 g/mol. The van der Waals surface area contributed by atoms with Gasteiger partial charge in [0.15, 0.2) is 6.10 Å². The van der Waals surface area contributed by atoms with Crippen LogP contribution in [0, 0.1) is 6.92 Å². The summed E-state index contributed by atoms with van der Waals surface area (Å²) in [6.07, 6.45) is -6.01. The van der Waals surface area contributed by atoms with Gasteiger partial charge in [-0.15, -0.1) is 0 Å². The predicted octanol–water partition coefficient (Wildman–Crippen LogP) is 2.32. The van der Waals surface area contributed by atoms with E-state index in [2.05, 4.69) is 5.32 Å². The first-order valence-electron chi connectivity index (χ1n) is 6.25. The van der Waals surface area contributed by atoms with E-state index in [-0.39, 0.29) is 6.42 Å². The molecule has 4 nitrogen and oxygen atoms in total. The number of furan rings is 1. The average molecular weight is 301 g/mol. The van der Waals surface area contributed by atoms with Crippen LogP contribution in [0.5, 0.6) is 0 Å². The zero-order valence-corrected chi connectivity index (χ0v) is 11.2. The quantitative estimate of drug-likeness (QED) is 0.911. The lowest BCUT2D eigenvalue weighted by molar-refractivity contribution is -0.201. The van der Waals surface area contributed by atoms with Gasteiger partial charge in [-0.05, 0) is 18.6 Å². The Morgan fingerprint density at radius 2 is 2.14 bits per heavy atom. The minimum absolute atomic E-state index is 0.110. The Labute approximate surface area is 118 Å². The number of carbonyl (C=O) groups is 1. The molecule has 0 aliphatic rings. The van der Waals surface area contributed by atoms with Crippen molar-refractivity contribution in [2.45, 2.75) is 25.6 Å². The second kappa shape index (κ2) is 5.77. The smallest absolute Gasteiger partial charge is 0.416 e. The predicted molar refractivity (Wildman–Crippen MR) is 69.7 cm³/mol. The highest BCUT2D eigenvalue weighted by molar-refractivity contribution is 5.87. The van der Waals surface area contributed by atoms with Crippen LogP contribution in [0.25, 0.3) is 11.0 Å². The van der Waals surface area contributed by atoms with Gasteiger partial charge in [0.25, 0.3) is 0 Å². The highest BCUT2D eigenvalue weighted by atomic mass is 19.4. The van der Waals surface area contributed by atoms with Gasteiger partial charge in [0.1, 0.15) is 5.58 Å². The van der Waals surface area contributed by atoms with Crippen molar-refractivity contribution >= 4 is 16.9 Å². The van der Waals surface area contributed by atoms with Crippen LogP contribution in [-0.4, -0.2) is 29.8 Å². The summed E-state index contributed by atoms with van der Waals surface area (Å²) in [5.74, 6) is -0.610. The van der Waals surface area contributed by atoms with E-state index in [0.717, 1.165) is 10.9 Å². The van der Waals surface area contributed by atoms with E-state index in [9.17, 15) is 18.0 Å². The summed E-state index contributed by atoms with van der Waals surface area (Å²) in [6, 6.07) is 5.46. The summed E-state index contributed by atoms with van der Waals surface area (Å²) >= 11 is 0. The van der Waals surface area contributed by atoms with Crippen LogP contribution in [0.3, 0.4) is 0 Å². The topological polar surface area (TPSA) is 62.5 Å². The lowest BCUT2D eigenvalue weighted by Crippen LogP contribution is -2.41. The fraction of sp³-hybridized carbons (Fsp3) is 0.357. The van der Waals surface area contributed by atoms with Crippen molar-refractivity contribution in [2.24, 2.45) is 0 Å². The number of benzene rings is 1. The van der Waals surface area contributed by atoms with Crippen molar-refractivity contribution in [3.63, 3.8) is 0 Å². The van der Waals surface area contributed by atoms with E-state index in [0.29, 0.717) is 11.1 Å². The molecule has 0 bridgehead atoms. The third kappa shape index (κ3) is 3.75. The van der Waals surface area contributed by atoms with Crippen molar-refractivity contribution < 1.29 is 27.5 Å². The minimum Gasteiger partial charge on any atom is -0.464 e. The van der Waals surface area contributed by atoms with Crippen LogP contribution in [-0.2, 0) is 11.2 Å². The molecule has 1 amide bonds. The largest absolute Gasteiger partial charge is 0.464 e. The number of aliphatic hydroxyl groups is 1. The summed E-state index contributed by atoms with van der Waals surface area (Å²) < 4.78 is 41.6. The minimum atomic E-state index is -4.74. The highest BCUT2D eigenvalue weighted by Crippen LogP contribution is 2.23. The fourth-order valence-corrected chi connectivity index (χ4v) is 1.89. The maximum atomic E-state index is 12.1. The molecule has 2 N–H and O–H groups in total. The van der Waals surface area contributed by atoms with E-state index in [4.69, 9.17) is 9.52 Å². The van der Waals surface area contributed by atoms with Crippen molar-refractivity contribution in [1.29, 1.82) is 0 Å². The highest BCUT2D eigenvalue weighted by Gasteiger charge is 2.38. The first-order chi connectivity index (χ1) is 9.77. The van der Waals surface area contributed by atoms with Crippen molar-refractivity contribution in [1.82, 2.24) is 5.32 Å². The normalized spacial score (nSPS) is 13.4. The van der Waals surface area contributed by atoms with Crippen molar-refractivity contribution in [3.8, 4) is 0 Å². The average Bonchev–Trinajstić information content (AvgIpc) is 2.77. The van der Waals surface area contributed by atoms with Crippen LogP contribution in [0.15, 0.2) is 28.9 Å². The summed E-state index contributed by atoms with van der Waals surface area (Å²) in [7, 11) is 0. The summed E-state index contributed by atoms with van der Waals surface area (Å²) in [4.78, 5) is 11.6. The number of fused-ring (bicyclic) bond motifs is 1. The molecular weight excluding hydrogens is 287 g/mol. The Morgan fingerprint density at radius 1 is 1.43 bits per heavy atom. The van der Waals surface area contributed by atoms with Crippen LogP contribution in [0.2, 0.25) is 0 Å². The Balaban J connectivity index is 1.99. The molecule has 114 valence electrons. The number of amides is 1. The second-order valence-corrected chi connectivity index (χ2v) is 4.80. The molecule has 2 aromatic rings.